The van der Waals surface area contributed by atoms with E-state index in [4.69, 9.17) is 4.74 Å². The molecule has 1 aliphatic heterocycles. The molecule has 2 aromatic heterocycles. The normalized spacial score (nSPS) is 15.7. The van der Waals surface area contributed by atoms with Crippen molar-refractivity contribution in [2.75, 3.05) is 44.7 Å². The number of morpholine rings is 1. The maximum Gasteiger partial charge on any atom is 0.321 e. The Morgan fingerprint density at radius 3 is 2.96 bits per heavy atom. The fraction of sp³-hybridized carbons (Fsp3) is 0.438. The summed E-state index contributed by atoms with van der Waals surface area (Å²) in [6.07, 6.45) is 0. The number of anilines is 1. The molecule has 1 fully saturated rings. The monoisotopic (exact) mass is 377 g/mol. The Morgan fingerprint density at radius 1 is 1.28 bits per heavy atom. The van der Waals surface area contributed by atoms with Crippen LogP contribution in [-0.2, 0) is 4.74 Å². The number of hydrogen-bond acceptors (Lipinski definition) is 7. The van der Waals surface area contributed by atoms with Crippen molar-refractivity contribution in [3.63, 3.8) is 0 Å². The van der Waals surface area contributed by atoms with Gasteiger partial charge in [-0.3, -0.25) is 10.2 Å². The Morgan fingerprint density at radius 2 is 2.12 bits per heavy atom. The number of thiazole rings is 2. The van der Waals surface area contributed by atoms with Crippen molar-refractivity contribution in [1.82, 2.24) is 20.2 Å². The summed E-state index contributed by atoms with van der Waals surface area (Å²) >= 11 is 3.13. The van der Waals surface area contributed by atoms with Gasteiger partial charge in [0, 0.05) is 26.2 Å². The quantitative estimate of drug-likeness (QED) is 0.731. The number of benzene rings is 1. The van der Waals surface area contributed by atoms with E-state index >= 15 is 0 Å². The number of aromatic nitrogens is 2. The number of carbonyl (C=O) groups is 1. The summed E-state index contributed by atoms with van der Waals surface area (Å²) < 4.78 is 7.48. The van der Waals surface area contributed by atoms with Gasteiger partial charge in [0.2, 0.25) is 0 Å². The van der Waals surface area contributed by atoms with Crippen LogP contribution in [0.4, 0.5) is 9.93 Å². The predicted molar refractivity (Wildman–Crippen MR) is 102 cm³/mol. The Labute approximate surface area is 153 Å². The second-order valence-electron chi connectivity index (χ2n) is 5.85. The van der Waals surface area contributed by atoms with Crippen LogP contribution in [-0.4, -0.2) is 60.3 Å². The van der Waals surface area contributed by atoms with E-state index in [1.54, 1.807) is 11.3 Å². The van der Waals surface area contributed by atoms with Gasteiger partial charge in [0.25, 0.3) is 0 Å². The second kappa shape index (κ2) is 7.20. The predicted octanol–water partition coefficient (Wildman–Crippen LogP) is 2.67. The van der Waals surface area contributed by atoms with Crippen molar-refractivity contribution in [3.8, 4) is 0 Å². The molecule has 4 rings (SSSR count). The third-order valence-electron chi connectivity index (χ3n) is 4.06. The maximum absolute atomic E-state index is 12.1. The van der Waals surface area contributed by atoms with Gasteiger partial charge in [-0.05, 0) is 19.1 Å². The van der Waals surface area contributed by atoms with E-state index in [1.807, 2.05) is 19.1 Å². The van der Waals surface area contributed by atoms with E-state index in [0.717, 1.165) is 58.3 Å². The Bertz CT molecular complexity index is 901. The van der Waals surface area contributed by atoms with E-state index in [0.29, 0.717) is 11.7 Å². The van der Waals surface area contributed by atoms with Gasteiger partial charge in [0.1, 0.15) is 5.52 Å². The molecule has 0 unspecified atom stereocenters. The summed E-state index contributed by atoms with van der Waals surface area (Å²) in [5.41, 5.74) is 1.84. The molecule has 2 N–H and O–H groups in total. The summed E-state index contributed by atoms with van der Waals surface area (Å²) in [6, 6.07) is 3.79. The minimum atomic E-state index is -0.224. The molecular formula is C16H19N5O2S2. The number of rotatable bonds is 4. The van der Waals surface area contributed by atoms with Crippen LogP contribution < -0.4 is 10.6 Å². The zero-order valence-electron chi connectivity index (χ0n) is 13.9. The van der Waals surface area contributed by atoms with Crippen molar-refractivity contribution in [2.45, 2.75) is 6.92 Å². The van der Waals surface area contributed by atoms with Crippen molar-refractivity contribution in [2.24, 2.45) is 0 Å². The first-order valence-electron chi connectivity index (χ1n) is 8.21. The Balaban J connectivity index is 1.38. The van der Waals surface area contributed by atoms with Gasteiger partial charge in [0.05, 0.1) is 33.1 Å². The molecule has 9 heteroatoms. The molecule has 0 radical (unpaired) electrons. The number of nitrogens with zero attached hydrogens (tertiary/aromatic N) is 3. The van der Waals surface area contributed by atoms with Crippen LogP contribution in [0.2, 0.25) is 0 Å². The molecule has 0 bridgehead atoms. The van der Waals surface area contributed by atoms with E-state index in [1.165, 1.54) is 11.3 Å². The summed E-state index contributed by atoms with van der Waals surface area (Å²) in [6.45, 7) is 6.81. The molecule has 0 saturated carbocycles. The topological polar surface area (TPSA) is 79.4 Å². The number of carbonyl (C=O) groups excluding carboxylic acids is 1. The maximum atomic E-state index is 12.1. The number of urea groups is 1. The van der Waals surface area contributed by atoms with Crippen molar-refractivity contribution in [3.05, 3.63) is 17.1 Å². The SMILES string of the molecule is Cc1nc2c(ccc3nc(NC(=O)NCCN4CCOCC4)sc32)s1. The van der Waals surface area contributed by atoms with Gasteiger partial charge < -0.3 is 10.1 Å². The van der Waals surface area contributed by atoms with Crippen LogP contribution in [0.15, 0.2) is 12.1 Å². The lowest BCUT2D eigenvalue weighted by Gasteiger charge is -2.26. The number of aryl methyl sites for hydroxylation is 1. The first-order chi connectivity index (χ1) is 12.2. The zero-order chi connectivity index (χ0) is 17.2. The summed E-state index contributed by atoms with van der Waals surface area (Å²) in [7, 11) is 0. The fourth-order valence-electron chi connectivity index (χ4n) is 2.83. The smallest absolute Gasteiger partial charge is 0.321 e. The molecule has 3 heterocycles. The zero-order valence-corrected chi connectivity index (χ0v) is 15.5. The van der Waals surface area contributed by atoms with Gasteiger partial charge >= 0.3 is 6.03 Å². The molecule has 2 amide bonds. The lowest BCUT2D eigenvalue weighted by molar-refractivity contribution is 0.0388. The van der Waals surface area contributed by atoms with Gasteiger partial charge in [-0.1, -0.05) is 11.3 Å². The lowest BCUT2D eigenvalue weighted by atomic mass is 10.3. The highest BCUT2D eigenvalue weighted by atomic mass is 32.1. The number of hydrogen-bond donors (Lipinski definition) is 2. The summed E-state index contributed by atoms with van der Waals surface area (Å²) in [5, 5.41) is 7.34. The fourth-order valence-corrected chi connectivity index (χ4v) is 4.69. The average Bonchev–Trinajstić information content (AvgIpc) is 3.17. The molecule has 0 atom stereocenters. The molecule has 132 valence electrons. The number of amides is 2. The van der Waals surface area contributed by atoms with Crippen LogP contribution in [0.5, 0.6) is 0 Å². The van der Waals surface area contributed by atoms with Crippen LogP contribution >= 0.6 is 22.7 Å². The molecule has 0 aliphatic carbocycles. The van der Waals surface area contributed by atoms with Gasteiger partial charge in [-0.2, -0.15) is 0 Å². The minimum Gasteiger partial charge on any atom is -0.379 e. The highest BCUT2D eigenvalue weighted by Crippen LogP contribution is 2.34. The van der Waals surface area contributed by atoms with Crippen molar-refractivity contribution < 1.29 is 9.53 Å². The third kappa shape index (κ3) is 3.74. The highest BCUT2D eigenvalue weighted by Gasteiger charge is 2.13. The number of fused-ring (bicyclic) bond motifs is 3. The summed E-state index contributed by atoms with van der Waals surface area (Å²) in [4.78, 5) is 23.4. The molecular weight excluding hydrogens is 358 g/mol. The van der Waals surface area contributed by atoms with Crippen LogP contribution in [0, 0.1) is 6.92 Å². The number of ether oxygens (including phenoxy) is 1. The molecule has 1 aliphatic rings. The van der Waals surface area contributed by atoms with E-state index in [9.17, 15) is 4.79 Å². The van der Waals surface area contributed by atoms with Gasteiger partial charge in [-0.15, -0.1) is 11.3 Å². The standard InChI is InChI=1S/C16H19N5O2S2/c1-10-18-13-12(24-10)3-2-11-14(13)25-16(19-11)20-15(22)17-4-5-21-6-8-23-9-7-21/h2-3H,4-9H2,1H3,(H2,17,19,20,22). The van der Waals surface area contributed by atoms with Gasteiger partial charge in [-0.25, -0.2) is 14.8 Å². The van der Waals surface area contributed by atoms with Crippen molar-refractivity contribution in [1.29, 1.82) is 0 Å². The van der Waals surface area contributed by atoms with Gasteiger partial charge in [0.15, 0.2) is 5.13 Å². The summed E-state index contributed by atoms with van der Waals surface area (Å²) in [5.74, 6) is 0. The lowest BCUT2D eigenvalue weighted by Crippen LogP contribution is -2.42. The minimum absolute atomic E-state index is 0.224. The van der Waals surface area contributed by atoms with E-state index in [2.05, 4.69) is 25.5 Å². The second-order valence-corrected chi connectivity index (χ2v) is 8.08. The Kier molecular flexibility index (Phi) is 4.80. The van der Waals surface area contributed by atoms with Crippen LogP contribution in [0.3, 0.4) is 0 Å². The Hall–Kier alpha value is -1.81. The molecule has 0 spiro atoms. The number of nitrogens with one attached hydrogen (secondary N) is 2. The van der Waals surface area contributed by atoms with E-state index < -0.39 is 0 Å². The van der Waals surface area contributed by atoms with Crippen molar-refractivity contribution >= 4 is 54.3 Å². The van der Waals surface area contributed by atoms with E-state index in [-0.39, 0.29) is 6.03 Å². The largest absolute Gasteiger partial charge is 0.379 e. The first-order valence-corrected chi connectivity index (χ1v) is 9.84. The molecule has 3 aromatic rings. The highest BCUT2D eigenvalue weighted by molar-refractivity contribution is 7.24. The molecule has 1 aromatic carbocycles. The molecule has 7 nitrogen and oxygen atoms in total. The van der Waals surface area contributed by atoms with Crippen LogP contribution in [0.25, 0.3) is 20.4 Å². The first kappa shape index (κ1) is 16.6. The van der Waals surface area contributed by atoms with Crippen LogP contribution in [0.1, 0.15) is 5.01 Å². The molecule has 25 heavy (non-hydrogen) atoms. The third-order valence-corrected chi connectivity index (χ3v) is 5.99. The average molecular weight is 377 g/mol. The molecule has 1 saturated heterocycles.